The molecule has 0 spiro atoms. The molecule has 1 aromatic rings. The highest BCUT2D eigenvalue weighted by atomic mass is 16.7. The van der Waals surface area contributed by atoms with Gasteiger partial charge in [-0.2, -0.15) is 0 Å². The van der Waals surface area contributed by atoms with Gasteiger partial charge in [-0.05, 0) is 80.4 Å². The van der Waals surface area contributed by atoms with Gasteiger partial charge < -0.3 is 24.6 Å². The van der Waals surface area contributed by atoms with E-state index in [1.54, 1.807) is 12.2 Å². The van der Waals surface area contributed by atoms with Crippen molar-refractivity contribution >= 4 is 17.3 Å². The van der Waals surface area contributed by atoms with Crippen LogP contribution in [0.25, 0.3) is 0 Å². The van der Waals surface area contributed by atoms with Crippen LogP contribution < -0.4 is 10.1 Å². The van der Waals surface area contributed by atoms with Crippen molar-refractivity contribution in [1.82, 2.24) is 0 Å². The Morgan fingerprint density at radius 1 is 1.20 bits per heavy atom. The molecule has 0 bridgehead atoms. The van der Waals surface area contributed by atoms with Crippen LogP contribution in [0, 0.1) is 28.6 Å². The van der Waals surface area contributed by atoms with Crippen molar-refractivity contribution < 1.29 is 28.9 Å². The average molecular weight is 566 g/mol. The van der Waals surface area contributed by atoms with Crippen molar-refractivity contribution in [3.8, 4) is 5.75 Å². The van der Waals surface area contributed by atoms with E-state index in [4.69, 9.17) is 14.2 Å². The van der Waals surface area contributed by atoms with Crippen LogP contribution in [0.15, 0.2) is 48.1 Å². The number of hydrogen-bond donors (Lipinski definition) is 2. The number of nitrogens with one attached hydrogen (secondary N) is 1. The minimum absolute atomic E-state index is 0.0146. The van der Waals surface area contributed by atoms with Gasteiger partial charge in [0.2, 0.25) is 5.78 Å². The number of anilines is 1. The van der Waals surface area contributed by atoms with Crippen LogP contribution in [0.2, 0.25) is 0 Å². The first kappa shape index (κ1) is 30.0. The van der Waals surface area contributed by atoms with E-state index in [0.717, 1.165) is 43.4 Å². The molecule has 2 N–H and O–H groups in total. The number of ketones is 2. The van der Waals surface area contributed by atoms with E-state index >= 15 is 0 Å². The predicted molar refractivity (Wildman–Crippen MR) is 159 cm³/mol. The number of benzene rings is 1. The Balaban J connectivity index is 0.00000165. The summed E-state index contributed by atoms with van der Waals surface area (Å²) in [5.74, 6) is 0.883. The topological polar surface area (TPSA) is 94.1 Å². The zero-order valence-corrected chi connectivity index (χ0v) is 25.4. The molecule has 0 aromatic heterocycles. The minimum Gasteiger partial charge on any atom is -0.486 e. The van der Waals surface area contributed by atoms with Gasteiger partial charge in [0.1, 0.15) is 12.4 Å². The van der Waals surface area contributed by atoms with Gasteiger partial charge in [0, 0.05) is 29.5 Å². The second-order valence-electron chi connectivity index (χ2n) is 12.6. The van der Waals surface area contributed by atoms with Crippen molar-refractivity contribution in [1.29, 1.82) is 0 Å². The molecule has 6 rings (SSSR count). The molecule has 3 saturated carbocycles. The fourth-order valence-electron chi connectivity index (χ4n) is 8.98. The van der Waals surface area contributed by atoms with E-state index in [9.17, 15) is 14.7 Å². The molecule has 7 nitrogen and oxygen atoms in total. The maximum atomic E-state index is 14.3. The summed E-state index contributed by atoms with van der Waals surface area (Å²) in [7, 11) is 1.86. The highest BCUT2D eigenvalue weighted by Gasteiger charge is 2.75. The average Bonchev–Trinajstić information content (AvgIpc) is 3.45. The summed E-state index contributed by atoms with van der Waals surface area (Å²) in [6.07, 6.45) is 8.50. The van der Waals surface area contributed by atoms with E-state index in [2.05, 4.69) is 26.1 Å². The van der Waals surface area contributed by atoms with Crippen molar-refractivity contribution in [3.63, 3.8) is 0 Å². The van der Waals surface area contributed by atoms with Crippen molar-refractivity contribution in [2.75, 3.05) is 19.0 Å². The molecule has 7 heteroatoms. The van der Waals surface area contributed by atoms with Crippen LogP contribution in [0.1, 0.15) is 73.1 Å². The Kier molecular flexibility index (Phi) is 8.27. The van der Waals surface area contributed by atoms with Gasteiger partial charge in [-0.15, -0.1) is 0 Å². The van der Waals surface area contributed by atoms with Gasteiger partial charge in [0.25, 0.3) is 0 Å². The molecule has 1 aromatic carbocycles. The maximum absolute atomic E-state index is 14.3. The van der Waals surface area contributed by atoms with Gasteiger partial charge >= 0.3 is 0 Å². The van der Waals surface area contributed by atoms with Crippen LogP contribution in [-0.4, -0.2) is 54.4 Å². The largest absolute Gasteiger partial charge is 0.486 e. The number of aliphatic hydroxyl groups is 1. The first-order valence-electron chi connectivity index (χ1n) is 15.6. The van der Waals surface area contributed by atoms with E-state index in [0.29, 0.717) is 12.2 Å². The second-order valence-corrected chi connectivity index (χ2v) is 12.6. The van der Waals surface area contributed by atoms with Crippen molar-refractivity contribution in [2.24, 2.45) is 28.6 Å². The number of aliphatic hydroxyl groups excluding tert-OH is 1. The van der Waals surface area contributed by atoms with Crippen molar-refractivity contribution in [2.45, 2.75) is 97.2 Å². The number of hydrogen-bond acceptors (Lipinski definition) is 7. The first-order chi connectivity index (χ1) is 19.7. The molecule has 5 aliphatic rings. The molecule has 4 fully saturated rings. The SMILES string of the molecule is CC.CCC[C@@H]1OC2CC3C4CCC5=CC(=O)C=CC5(C)C4C(O)CC3(C)C2(C(=O)COc2ccc(NC)cc2)O1. The zero-order chi connectivity index (χ0) is 29.6. The lowest BCUT2D eigenvalue weighted by atomic mass is 9.46. The van der Waals surface area contributed by atoms with Gasteiger partial charge in [0.05, 0.1) is 12.2 Å². The minimum atomic E-state index is -1.16. The summed E-state index contributed by atoms with van der Waals surface area (Å²) >= 11 is 0. The highest BCUT2D eigenvalue weighted by Crippen LogP contribution is 2.69. The number of carbonyl (C=O) groups is 2. The normalized spacial score (nSPS) is 40.3. The van der Waals surface area contributed by atoms with Crippen LogP contribution in [0.4, 0.5) is 5.69 Å². The van der Waals surface area contributed by atoms with Gasteiger partial charge in [0.15, 0.2) is 17.7 Å². The number of rotatable bonds is 7. The molecule has 0 amide bonds. The summed E-state index contributed by atoms with van der Waals surface area (Å²) in [6, 6.07) is 7.53. The van der Waals surface area contributed by atoms with Crippen LogP contribution in [-0.2, 0) is 19.1 Å². The fourth-order valence-corrected chi connectivity index (χ4v) is 8.98. The molecule has 9 atom stereocenters. The van der Waals surface area contributed by atoms with Gasteiger partial charge in [-0.25, -0.2) is 0 Å². The van der Waals surface area contributed by atoms with E-state index in [-0.39, 0.29) is 47.4 Å². The van der Waals surface area contributed by atoms with Gasteiger partial charge in [-0.3, -0.25) is 9.59 Å². The maximum Gasteiger partial charge on any atom is 0.205 e. The number of Topliss-reactive ketones (excluding diaryl/α,β-unsaturated/α-hetero) is 1. The molecule has 1 heterocycles. The standard InChI is InChI=1S/C32H41NO6.C2H6/c1-5-6-28-38-27-16-24-23-12-7-19-15-21(34)13-14-30(19,2)29(23)25(35)17-31(24,3)32(27,39-28)26(36)18-37-22-10-8-20(33-4)9-11-22;1-2/h8-11,13-15,23-25,27-29,33,35H,5-7,12,16-18H2,1-4H3;1-2H3/t23?,24?,25?,27?,28-,29?,30?,31?,32?;/m1./s1. The fraction of sp³-hybridized carbons (Fsp3) is 0.647. The zero-order valence-electron chi connectivity index (χ0n) is 25.4. The number of ether oxygens (including phenoxy) is 3. The Morgan fingerprint density at radius 3 is 2.61 bits per heavy atom. The number of fused-ring (bicyclic) bond motifs is 7. The third kappa shape index (κ3) is 4.59. The van der Waals surface area contributed by atoms with E-state index in [1.807, 2.05) is 51.2 Å². The molecular formula is C34H47NO6. The smallest absolute Gasteiger partial charge is 0.205 e. The van der Waals surface area contributed by atoms with E-state index < -0.39 is 23.4 Å². The van der Waals surface area contributed by atoms with E-state index in [1.165, 1.54) is 0 Å². The Bertz CT molecular complexity index is 1210. The molecule has 1 aliphatic heterocycles. The van der Waals surface area contributed by atoms with Gasteiger partial charge in [-0.1, -0.05) is 52.7 Å². The number of allylic oxidation sites excluding steroid dienone is 4. The third-order valence-corrected chi connectivity index (χ3v) is 10.7. The third-order valence-electron chi connectivity index (χ3n) is 10.7. The molecule has 0 radical (unpaired) electrons. The Hall–Kier alpha value is -2.48. The van der Waals surface area contributed by atoms with Crippen LogP contribution in [0.3, 0.4) is 0 Å². The van der Waals surface area contributed by atoms with Crippen LogP contribution in [0.5, 0.6) is 5.75 Å². The predicted octanol–water partition coefficient (Wildman–Crippen LogP) is 5.87. The Labute approximate surface area is 244 Å². The molecule has 224 valence electrons. The van der Waals surface area contributed by atoms with Crippen LogP contribution >= 0.6 is 0 Å². The summed E-state index contributed by atoms with van der Waals surface area (Å²) < 4.78 is 19.2. The van der Waals surface area contributed by atoms with Crippen molar-refractivity contribution in [3.05, 3.63) is 48.1 Å². The quantitative estimate of drug-likeness (QED) is 0.427. The lowest BCUT2D eigenvalue weighted by Gasteiger charge is -2.59. The molecule has 41 heavy (non-hydrogen) atoms. The molecule has 8 unspecified atom stereocenters. The monoisotopic (exact) mass is 565 g/mol. The Morgan fingerprint density at radius 2 is 1.93 bits per heavy atom. The lowest BCUT2D eigenvalue weighted by Crippen LogP contribution is -2.63. The first-order valence-corrected chi connectivity index (χ1v) is 15.6. The second kappa shape index (κ2) is 11.3. The summed E-state index contributed by atoms with van der Waals surface area (Å²) in [4.78, 5) is 26.4. The summed E-state index contributed by atoms with van der Waals surface area (Å²) in [6.45, 7) is 10.3. The molecule has 4 aliphatic carbocycles. The number of carbonyl (C=O) groups excluding carboxylic acids is 2. The highest BCUT2D eigenvalue weighted by molar-refractivity contribution is 6.01. The summed E-state index contributed by atoms with van der Waals surface area (Å²) in [5.41, 5.74) is -0.0274. The summed E-state index contributed by atoms with van der Waals surface area (Å²) in [5, 5.41) is 14.9. The molecule has 1 saturated heterocycles. The molecular weight excluding hydrogens is 518 g/mol. The lowest BCUT2D eigenvalue weighted by molar-refractivity contribution is -0.200.